The van der Waals surface area contributed by atoms with Crippen LogP contribution in [0, 0.1) is 4.91 Å². The van der Waals surface area contributed by atoms with Crippen molar-refractivity contribution in [1.82, 2.24) is 9.36 Å². The van der Waals surface area contributed by atoms with Crippen LogP contribution in [0.4, 0.5) is 5.13 Å². The number of aromatic nitrogens is 2. The highest BCUT2D eigenvalue weighted by atomic mass is 32.2. The van der Waals surface area contributed by atoms with Gasteiger partial charge in [0.2, 0.25) is 6.04 Å². The molecule has 9 nitrogen and oxygen atoms in total. The Morgan fingerprint density at radius 2 is 2.25 bits per heavy atom. The third-order valence-electron chi connectivity index (χ3n) is 1.26. The molecule has 16 heavy (non-hydrogen) atoms. The monoisotopic (exact) mass is 266 g/mol. The fraction of sp³-hybridized carbons (Fsp3) is 0.400. The van der Waals surface area contributed by atoms with E-state index in [9.17, 15) is 18.1 Å². The van der Waals surface area contributed by atoms with E-state index in [0.717, 1.165) is 11.5 Å². The van der Waals surface area contributed by atoms with Gasteiger partial charge in [0, 0.05) is 11.5 Å². The van der Waals surface area contributed by atoms with E-state index in [-0.39, 0.29) is 11.0 Å². The van der Waals surface area contributed by atoms with Crippen molar-refractivity contribution < 1.29 is 17.4 Å². The van der Waals surface area contributed by atoms with Crippen molar-refractivity contribution in [1.29, 1.82) is 0 Å². The summed E-state index contributed by atoms with van der Waals surface area (Å²) >= 11 is 0.744. The van der Waals surface area contributed by atoms with E-state index < -0.39 is 22.1 Å². The Morgan fingerprint density at radius 1 is 1.62 bits per heavy atom. The molecule has 88 valence electrons. The lowest BCUT2D eigenvalue weighted by atomic mass is 10.3. The van der Waals surface area contributed by atoms with Gasteiger partial charge in [0.1, 0.15) is 0 Å². The van der Waals surface area contributed by atoms with Crippen LogP contribution in [0.5, 0.6) is 0 Å². The first-order valence-corrected chi connectivity index (χ1v) is 6.27. The Hall–Kier alpha value is -1.62. The molecule has 0 aliphatic rings. The van der Waals surface area contributed by atoms with E-state index in [1.165, 1.54) is 0 Å². The first-order valence-electron chi connectivity index (χ1n) is 3.68. The fourth-order valence-electron chi connectivity index (χ4n) is 0.749. The van der Waals surface area contributed by atoms with Crippen molar-refractivity contribution in [2.45, 2.75) is 6.04 Å². The molecule has 0 saturated heterocycles. The number of nitrogens with zero attached hydrogens (tertiary/aromatic N) is 3. The van der Waals surface area contributed by atoms with Gasteiger partial charge in [-0.2, -0.15) is 12.8 Å². The molecule has 1 heterocycles. The van der Waals surface area contributed by atoms with Gasteiger partial charge in [0.05, 0.1) is 6.26 Å². The van der Waals surface area contributed by atoms with Crippen molar-refractivity contribution in [3.63, 3.8) is 0 Å². The third-order valence-corrected chi connectivity index (χ3v) is 2.29. The van der Waals surface area contributed by atoms with E-state index in [2.05, 4.69) is 18.7 Å². The number of anilines is 1. The number of carbonyl (C=O) groups excluding carboxylic acids is 1. The summed E-state index contributed by atoms with van der Waals surface area (Å²) in [5.74, 6) is -1.65. The molecule has 0 aliphatic carbocycles. The molecule has 0 amide bonds. The predicted molar refractivity (Wildman–Crippen MR) is 53.8 cm³/mol. The Bertz CT molecular complexity index is 509. The van der Waals surface area contributed by atoms with Gasteiger partial charge in [-0.05, 0) is 5.18 Å². The van der Waals surface area contributed by atoms with E-state index in [1.807, 2.05) is 0 Å². The van der Waals surface area contributed by atoms with Gasteiger partial charge in [-0.25, -0.2) is 9.78 Å². The molecule has 0 fully saturated rings. The van der Waals surface area contributed by atoms with Gasteiger partial charge < -0.3 is 9.92 Å². The zero-order valence-corrected chi connectivity index (χ0v) is 9.49. The number of nitrogen functional groups attached to an aromatic ring is 1. The number of rotatable bonds is 4. The van der Waals surface area contributed by atoms with Crippen LogP contribution in [0.2, 0.25) is 0 Å². The molecule has 1 unspecified atom stereocenters. The van der Waals surface area contributed by atoms with Crippen molar-refractivity contribution in [2.75, 3.05) is 12.0 Å². The smallest absolute Gasteiger partial charge is 0.358 e. The molecule has 1 aromatic rings. The summed E-state index contributed by atoms with van der Waals surface area (Å²) < 4.78 is 28.8. The second kappa shape index (κ2) is 4.49. The lowest BCUT2D eigenvalue weighted by Crippen LogP contribution is -2.18. The van der Waals surface area contributed by atoms with Crippen LogP contribution >= 0.6 is 11.5 Å². The summed E-state index contributed by atoms with van der Waals surface area (Å²) in [5, 5.41) is 2.42. The number of hydrogen-bond acceptors (Lipinski definition) is 10. The molecule has 0 aromatic carbocycles. The molecule has 0 aliphatic heterocycles. The fourth-order valence-corrected chi connectivity index (χ4v) is 1.60. The molecular weight excluding hydrogens is 260 g/mol. The molecule has 0 saturated carbocycles. The van der Waals surface area contributed by atoms with Crippen LogP contribution < -0.4 is 5.73 Å². The standard InChI is InChI=1S/C5H6N4O5S2/c1-16(12,13)14-4(10)2(8-11)3-7-5(6)15-9-3/h2H,1H3,(H2,6,7,9). The van der Waals surface area contributed by atoms with Gasteiger partial charge in [-0.15, -0.1) is 4.91 Å². The maximum atomic E-state index is 11.2. The molecule has 1 atom stereocenters. The van der Waals surface area contributed by atoms with E-state index in [4.69, 9.17) is 5.73 Å². The summed E-state index contributed by atoms with van der Waals surface area (Å²) in [7, 11) is -4.01. The third kappa shape index (κ3) is 3.20. The minimum Gasteiger partial charge on any atom is -0.374 e. The highest BCUT2D eigenvalue weighted by molar-refractivity contribution is 7.86. The second-order valence-electron chi connectivity index (χ2n) is 2.61. The van der Waals surface area contributed by atoms with Gasteiger partial charge in [0.15, 0.2) is 11.0 Å². The average molecular weight is 266 g/mol. The number of nitroso groups, excluding NO2 is 1. The van der Waals surface area contributed by atoms with Gasteiger partial charge in [0.25, 0.3) is 0 Å². The SMILES string of the molecule is CS(=O)(=O)OC(=O)C(N=O)c1nsc(N)n1. The second-order valence-corrected chi connectivity index (χ2v) is 4.96. The normalized spacial score (nSPS) is 13.1. The van der Waals surface area contributed by atoms with Crippen molar-refractivity contribution in [3.8, 4) is 0 Å². The molecule has 1 rings (SSSR count). The Kier molecular flexibility index (Phi) is 3.49. The van der Waals surface area contributed by atoms with Crippen molar-refractivity contribution >= 4 is 32.8 Å². The predicted octanol–water partition coefficient (Wildman–Crippen LogP) is -0.569. The Labute approximate surface area is 93.9 Å². The summed E-state index contributed by atoms with van der Waals surface area (Å²) in [4.78, 5) is 25.1. The first-order chi connectivity index (χ1) is 7.33. The van der Waals surface area contributed by atoms with Crippen LogP contribution in [-0.4, -0.2) is 30.0 Å². The number of nitrogens with two attached hydrogens (primary N) is 1. The molecule has 11 heteroatoms. The van der Waals surface area contributed by atoms with E-state index >= 15 is 0 Å². The van der Waals surface area contributed by atoms with Gasteiger partial charge in [-0.3, -0.25) is 0 Å². The van der Waals surface area contributed by atoms with Crippen LogP contribution in [0.1, 0.15) is 11.9 Å². The summed E-state index contributed by atoms with van der Waals surface area (Å²) in [6.07, 6.45) is 0.662. The zero-order chi connectivity index (χ0) is 12.3. The van der Waals surface area contributed by atoms with Gasteiger partial charge >= 0.3 is 16.1 Å². The maximum Gasteiger partial charge on any atom is 0.358 e. The molecule has 0 spiro atoms. The lowest BCUT2D eigenvalue weighted by Gasteiger charge is -2.03. The van der Waals surface area contributed by atoms with Crippen LogP contribution in [0.3, 0.4) is 0 Å². The quantitative estimate of drug-likeness (QED) is 0.564. The molecule has 0 radical (unpaired) electrons. The lowest BCUT2D eigenvalue weighted by molar-refractivity contribution is -0.135. The Morgan fingerprint density at radius 3 is 2.62 bits per heavy atom. The molecular formula is C5H6N4O5S2. The minimum absolute atomic E-state index is 0.0239. The van der Waals surface area contributed by atoms with Crippen LogP contribution in [0.15, 0.2) is 5.18 Å². The van der Waals surface area contributed by atoms with Crippen LogP contribution in [-0.2, 0) is 19.1 Å². The van der Waals surface area contributed by atoms with Crippen LogP contribution in [0.25, 0.3) is 0 Å². The summed E-state index contributed by atoms with van der Waals surface area (Å²) in [5.41, 5.74) is 5.23. The number of carbonyl (C=O) groups is 1. The zero-order valence-electron chi connectivity index (χ0n) is 7.85. The van der Waals surface area contributed by atoms with E-state index in [1.54, 1.807) is 0 Å². The summed E-state index contributed by atoms with van der Waals surface area (Å²) in [6, 6.07) is -1.73. The molecule has 1 aromatic heterocycles. The van der Waals surface area contributed by atoms with E-state index in [0.29, 0.717) is 6.26 Å². The van der Waals surface area contributed by atoms with Gasteiger partial charge in [-0.1, -0.05) is 0 Å². The minimum atomic E-state index is -4.01. The highest BCUT2D eigenvalue weighted by Gasteiger charge is 2.30. The van der Waals surface area contributed by atoms with Crippen molar-refractivity contribution in [3.05, 3.63) is 10.7 Å². The summed E-state index contributed by atoms with van der Waals surface area (Å²) in [6.45, 7) is 0. The molecule has 2 N–H and O–H groups in total. The molecule has 0 bridgehead atoms. The largest absolute Gasteiger partial charge is 0.374 e. The average Bonchev–Trinajstić information content (AvgIpc) is 2.49. The maximum absolute atomic E-state index is 11.2. The highest BCUT2D eigenvalue weighted by Crippen LogP contribution is 2.19. The first kappa shape index (κ1) is 12.4. The topological polar surface area (TPSA) is 142 Å². The van der Waals surface area contributed by atoms with Crippen molar-refractivity contribution in [2.24, 2.45) is 5.18 Å². The Balaban J connectivity index is 2.91. The number of hydrogen-bond donors (Lipinski definition) is 1.